The van der Waals surface area contributed by atoms with Crippen LogP contribution in [0.15, 0.2) is 24.3 Å². The van der Waals surface area contributed by atoms with Crippen molar-refractivity contribution in [2.75, 3.05) is 13.1 Å². The number of benzene rings is 1. The van der Waals surface area contributed by atoms with E-state index in [2.05, 4.69) is 18.7 Å². The predicted molar refractivity (Wildman–Crippen MR) is 83.8 cm³/mol. The van der Waals surface area contributed by atoms with Gasteiger partial charge in [0.2, 0.25) is 0 Å². The molecule has 3 N–H and O–H groups in total. The van der Waals surface area contributed by atoms with Crippen LogP contribution in [0.25, 0.3) is 0 Å². The molecule has 1 aromatic rings. The minimum absolute atomic E-state index is 0.0236. The molecule has 0 amide bonds. The molecule has 20 heavy (non-hydrogen) atoms. The lowest BCUT2D eigenvalue weighted by Crippen LogP contribution is -2.49. The third-order valence-electron chi connectivity index (χ3n) is 4.44. The summed E-state index contributed by atoms with van der Waals surface area (Å²) >= 11 is 6.36. The lowest BCUT2D eigenvalue weighted by Gasteiger charge is -2.42. The predicted octanol–water partition coefficient (Wildman–Crippen LogP) is 2.82. The molecule has 0 aromatic heterocycles. The SMILES string of the molecule is CCC(N)C(c1ccccc1Cl)N1CCC(C)C(O)C1. The van der Waals surface area contributed by atoms with Crippen LogP contribution in [-0.2, 0) is 0 Å². The van der Waals surface area contributed by atoms with Crippen LogP contribution in [0.3, 0.4) is 0 Å². The van der Waals surface area contributed by atoms with E-state index >= 15 is 0 Å². The van der Waals surface area contributed by atoms with Crippen LogP contribution in [0.2, 0.25) is 5.02 Å². The summed E-state index contributed by atoms with van der Waals surface area (Å²) in [6.07, 6.45) is 1.61. The molecule has 0 bridgehead atoms. The van der Waals surface area contributed by atoms with Crippen LogP contribution < -0.4 is 5.73 Å². The highest BCUT2D eigenvalue weighted by Gasteiger charge is 2.33. The molecule has 4 atom stereocenters. The van der Waals surface area contributed by atoms with Crippen molar-refractivity contribution in [3.8, 4) is 0 Å². The zero-order chi connectivity index (χ0) is 14.7. The molecule has 4 unspecified atom stereocenters. The number of aliphatic hydroxyl groups is 1. The second-order valence-electron chi connectivity index (χ2n) is 5.87. The number of piperidine rings is 1. The molecule has 112 valence electrons. The maximum atomic E-state index is 10.2. The topological polar surface area (TPSA) is 49.5 Å². The van der Waals surface area contributed by atoms with E-state index in [1.54, 1.807) is 0 Å². The van der Waals surface area contributed by atoms with E-state index in [-0.39, 0.29) is 18.2 Å². The van der Waals surface area contributed by atoms with E-state index in [0.29, 0.717) is 12.5 Å². The molecular formula is C16H25ClN2O. The monoisotopic (exact) mass is 296 g/mol. The summed E-state index contributed by atoms with van der Waals surface area (Å²) in [4.78, 5) is 2.29. The smallest absolute Gasteiger partial charge is 0.0693 e. The van der Waals surface area contributed by atoms with Gasteiger partial charge in [-0.2, -0.15) is 0 Å². The third kappa shape index (κ3) is 3.34. The number of hydrogen-bond acceptors (Lipinski definition) is 3. The third-order valence-corrected chi connectivity index (χ3v) is 4.79. The van der Waals surface area contributed by atoms with Gasteiger partial charge < -0.3 is 10.8 Å². The van der Waals surface area contributed by atoms with Crippen molar-refractivity contribution in [1.29, 1.82) is 0 Å². The van der Waals surface area contributed by atoms with Crippen LogP contribution in [0, 0.1) is 5.92 Å². The minimum atomic E-state index is -0.280. The van der Waals surface area contributed by atoms with Crippen LogP contribution >= 0.6 is 11.6 Å². The van der Waals surface area contributed by atoms with Crippen molar-refractivity contribution in [3.63, 3.8) is 0 Å². The summed E-state index contributed by atoms with van der Waals surface area (Å²) in [7, 11) is 0. The van der Waals surface area contributed by atoms with Crippen molar-refractivity contribution in [2.45, 2.75) is 44.9 Å². The van der Waals surface area contributed by atoms with E-state index in [0.717, 1.165) is 30.0 Å². The summed E-state index contributed by atoms with van der Waals surface area (Å²) in [5.41, 5.74) is 7.42. The molecule has 3 nitrogen and oxygen atoms in total. The van der Waals surface area contributed by atoms with E-state index in [4.69, 9.17) is 17.3 Å². The van der Waals surface area contributed by atoms with Gasteiger partial charge >= 0.3 is 0 Å². The first-order chi connectivity index (χ1) is 9.54. The fraction of sp³-hybridized carbons (Fsp3) is 0.625. The van der Waals surface area contributed by atoms with Gasteiger partial charge in [0.25, 0.3) is 0 Å². The van der Waals surface area contributed by atoms with Gasteiger partial charge in [0.05, 0.1) is 12.1 Å². The summed E-state index contributed by atoms with van der Waals surface area (Å²) in [6.45, 7) is 5.83. The number of hydrogen-bond donors (Lipinski definition) is 2. The van der Waals surface area contributed by atoms with Crippen molar-refractivity contribution < 1.29 is 5.11 Å². The van der Waals surface area contributed by atoms with Gasteiger partial charge in [-0.3, -0.25) is 4.90 Å². The first-order valence-corrected chi connectivity index (χ1v) is 7.84. The molecule has 4 heteroatoms. The quantitative estimate of drug-likeness (QED) is 0.898. The molecule has 0 aliphatic carbocycles. The molecule has 1 saturated heterocycles. The fourth-order valence-electron chi connectivity index (χ4n) is 2.96. The lowest BCUT2D eigenvalue weighted by molar-refractivity contribution is 0.00398. The number of halogens is 1. The Morgan fingerprint density at radius 3 is 2.75 bits per heavy atom. The highest BCUT2D eigenvalue weighted by Crippen LogP contribution is 2.33. The number of nitrogens with zero attached hydrogens (tertiary/aromatic N) is 1. The standard InChI is InChI=1S/C16H25ClN2O/c1-3-14(18)16(12-6-4-5-7-13(12)17)19-9-8-11(2)15(20)10-19/h4-7,11,14-16,20H,3,8-10,18H2,1-2H3. The van der Waals surface area contributed by atoms with Gasteiger partial charge in [0.15, 0.2) is 0 Å². The Kier molecular flexibility index (Phi) is 5.44. The number of β-amino-alcohol motifs (C(OH)–C–C–N with tert-alkyl or cyclic N) is 1. The molecule has 1 fully saturated rings. The molecule has 2 rings (SSSR count). The largest absolute Gasteiger partial charge is 0.392 e. The zero-order valence-corrected chi connectivity index (χ0v) is 13.1. The van der Waals surface area contributed by atoms with Gasteiger partial charge in [-0.1, -0.05) is 43.6 Å². The number of likely N-dealkylation sites (tertiary alicyclic amines) is 1. The molecule has 0 saturated carbocycles. The maximum absolute atomic E-state index is 10.2. The van der Waals surface area contributed by atoms with Gasteiger partial charge in [0.1, 0.15) is 0 Å². The summed E-state index contributed by atoms with van der Waals surface area (Å²) in [5, 5.41) is 10.9. The van der Waals surface area contributed by atoms with Gasteiger partial charge in [-0.15, -0.1) is 0 Å². The van der Waals surface area contributed by atoms with Gasteiger partial charge in [-0.05, 0) is 36.9 Å². The van der Waals surface area contributed by atoms with E-state index in [9.17, 15) is 5.11 Å². The van der Waals surface area contributed by atoms with E-state index in [1.165, 1.54) is 0 Å². The van der Waals surface area contributed by atoms with Crippen molar-refractivity contribution in [2.24, 2.45) is 11.7 Å². The Hall–Kier alpha value is -0.610. The van der Waals surface area contributed by atoms with Crippen LogP contribution in [0.1, 0.15) is 38.3 Å². The zero-order valence-electron chi connectivity index (χ0n) is 12.3. The van der Waals surface area contributed by atoms with Crippen molar-refractivity contribution in [1.82, 2.24) is 4.90 Å². The average Bonchev–Trinajstić information content (AvgIpc) is 2.44. The second-order valence-corrected chi connectivity index (χ2v) is 6.27. The average molecular weight is 297 g/mol. The van der Waals surface area contributed by atoms with Crippen LogP contribution in [0.4, 0.5) is 0 Å². The van der Waals surface area contributed by atoms with Crippen LogP contribution in [0.5, 0.6) is 0 Å². The summed E-state index contributed by atoms with van der Waals surface area (Å²) in [6, 6.07) is 8.00. The Bertz CT molecular complexity index is 440. The summed E-state index contributed by atoms with van der Waals surface area (Å²) < 4.78 is 0. The number of aliphatic hydroxyl groups excluding tert-OH is 1. The molecule has 1 heterocycles. The normalized spacial score (nSPS) is 27.2. The highest BCUT2D eigenvalue weighted by molar-refractivity contribution is 6.31. The van der Waals surface area contributed by atoms with Gasteiger partial charge in [0, 0.05) is 17.6 Å². The van der Waals surface area contributed by atoms with Crippen molar-refractivity contribution >= 4 is 11.6 Å². The highest BCUT2D eigenvalue weighted by atomic mass is 35.5. The fourth-order valence-corrected chi connectivity index (χ4v) is 3.21. The molecule has 0 spiro atoms. The van der Waals surface area contributed by atoms with Gasteiger partial charge in [-0.25, -0.2) is 0 Å². The Morgan fingerprint density at radius 2 is 2.15 bits per heavy atom. The Morgan fingerprint density at radius 1 is 1.45 bits per heavy atom. The molecule has 1 aliphatic heterocycles. The Balaban J connectivity index is 2.27. The summed E-state index contributed by atoms with van der Waals surface area (Å²) in [5.74, 6) is 0.357. The molecular weight excluding hydrogens is 272 g/mol. The molecule has 1 aliphatic rings. The lowest BCUT2D eigenvalue weighted by atomic mass is 9.90. The minimum Gasteiger partial charge on any atom is -0.392 e. The van der Waals surface area contributed by atoms with Crippen LogP contribution in [-0.4, -0.2) is 35.2 Å². The van der Waals surface area contributed by atoms with E-state index < -0.39 is 0 Å². The first kappa shape index (κ1) is 15.8. The number of nitrogens with two attached hydrogens (primary N) is 1. The van der Waals surface area contributed by atoms with Crippen molar-refractivity contribution in [3.05, 3.63) is 34.9 Å². The first-order valence-electron chi connectivity index (χ1n) is 7.46. The molecule has 1 aromatic carbocycles. The number of rotatable bonds is 4. The maximum Gasteiger partial charge on any atom is 0.0693 e. The Labute approximate surface area is 126 Å². The molecule has 0 radical (unpaired) electrons. The van der Waals surface area contributed by atoms with E-state index in [1.807, 2.05) is 24.3 Å². The second kappa shape index (κ2) is 6.90.